The number of rotatable bonds is 29. The van der Waals surface area contributed by atoms with E-state index in [1.807, 2.05) is 0 Å². The van der Waals surface area contributed by atoms with Crippen molar-refractivity contribution in [3.63, 3.8) is 0 Å². The number of carbonyl (C=O) groups excluding carboxylic acids is 2. The van der Waals surface area contributed by atoms with Crippen LogP contribution in [0.15, 0.2) is 12.2 Å². The van der Waals surface area contributed by atoms with E-state index in [0.29, 0.717) is 48.9 Å². The summed E-state index contributed by atoms with van der Waals surface area (Å²) in [6.07, 6.45) is 39.3. The van der Waals surface area contributed by atoms with E-state index in [-0.39, 0.29) is 47.4 Å². The van der Waals surface area contributed by atoms with Gasteiger partial charge in [0.05, 0.1) is 11.9 Å². The van der Waals surface area contributed by atoms with Crippen LogP contribution in [-0.2, 0) is 24.4 Å². The molecule has 0 aromatic carbocycles. The molecule has 10 atom stereocenters. The highest BCUT2D eigenvalue weighted by atomic mass is 32.2. The summed E-state index contributed by atoms with van der Waals surface area (Å²) < 4.78 is 37.1. The first-order valence-corrected chi connectivity index (χ1v) is 26.6. The Labute approximate surface area is 361 Å². The molecule has 0 bridgehead atoms. The Morgan fingerprint density at radius 3 is 1.97 bits per heavy atom. The largest absolute Gasteiger partial charge is 0.462 e. The summed E-state index contributed by atoms with van der Waals surface area (Å²) >= 11 is 0. The topological polar surface area (TPSA) is 130 Å². The number of hydrogen-bond donors (Lipinski definition) is 3. The molecule has 4 fully saturated rings. The molecule has 0 saturated heterocycles. The minimum atomic E-state index is -4.10. The monoisotopic (exact) mass is 848 g/mol. The van der Waals surface area contributed by atoms with E-state index >= 15 is 0 Å². The van der Waals surface area contributed by atoms with Crippen LogP contribution in [0.25, 0.3) is 0 Å². The fourth-order valence-corrected chi connectivity index (χ4v) is 13.2. The zero-order valence-electron chi connectivity index (χ0n) is 38.2. The van der Waals surface area contributed by atoms with E-state index in [0.717, 1.165) is 51.4 Å². The van der Waals surface area contributed by atoms with Crippen molar-refractivity contribution in [2.75, 3.05) is 12.3 Å². The van der Waals surface area contributed by atoms with Gasteiger partial charge in [0.25, 0.3) is 10.1 Å². The SMILES string of the molecule is CCCCCCCCCC/C=C\CCCCCCCCCCCC(=O)OC1CCC2(C)C(CCC3C2CC(O)C2(C)C(C(C)CCC(=O)NCCS(=O)(=O)O)CCC32)C1. The Morgan fingerprint density at radius 1 is 0.763 bits per heavy atom. The molecule has 3 N–H and O–H groups in total. The maximum Gasteiger partial charge on any atom is 0.306 e. The molecule has 1 amide bonds. The van der Waals surface area contributed by atoms with Crippen LogP contribution < -0.4 is 5.32 Å². The Morgan fingerprint density at radius 2 is 1.36 bits per heavy atom. The van der Waals surface area contributed by atoms with Gasteiger partial charge in [-0.05, 0) is 136 Å². The lowest BCUT2D eigenvalue weighted by molar-refractivity contribution is -0.181. The number of unbranched alkanes of at least 4 members (excludes halogenated alkanes) is 17. The van der Waals surface area contributed by atoms with Gasteiger partial charge in [-0.15, -0.1) is 0 Å². The van der Waals surface area contributed by atoms with Gasteiger partial charge in [0.15, 0.2) is 0 Å². The molecule has 0 aliphatic heterocycles. The van der Waals surface area contributed by atoms with E-state index in [1.54, 1.807) is 0 Å². The standard InChI is InChI=1S/C50H89NO7S/c1-5-6-7-8-9-10-11-12-13-14-15-16-17-18-19-20-21-22-23-24-25-26-48(54)58-41-33-34-49(3)40(37-41)28-29-42-44-31-30-43(50(44,4)46(52)38-45(42)49)39(2)27-32-47(53)51-35-36-59(55,56)57/h14-15,39-46,52H,5-13,16-38H2,1-4H3,(H,51,53)(H,55,56,57)/b15-14-. The third-order valence-corrected chi connectivity index (χ3v) is 17.2. The number of nitrogens with one attached hydrogen (secondary N) is 1. The summed E-state index contributed by atoms with van der Waals surface area (Å²) in [5.41, 5.74) is 0.00292. The minimum absolute atomic E-state index is 0.00954. The van der Waals surface area contributed by atoms with Gasteiger partial charge in [-0.25, -0.2) is 0 Å². The fourth-order valence-electron chi connectivity index (χ4n) is 12.9. The summed E-state index contributed by atoms with van der Waals surface area (Å²) in [6, 6.07) is 0. The van der Waals surface area contributed by atoms with Gasteiger partial charge in [0, 0.05) is 19.4 Å². The zero-order chi connectivity index (χ0) is 42.7. The molecule has 4 aliphatic rings. The maximum absolute atomic E-state index is 12.9. The van der Waals surface area contributed by atoms with Crippen LogP contribution in [0.1, 0.15) is 220 Å². The second-order valence-corrected chi connectivity index (χ2v) is 22.0. The fraction of sp³-hybridized carbons (Fsp3) is 0.920. The predicted molar refractivity (Wildman–Crippen MR) is 241 cm³/mol. The first-order chi connectivity index (χ1) is 28.3. The molecule has 342 valence electrons. The molecule has 0 aromatic heterocycles. The average Bonchev–Trinajstić information content (AvgIpc) is 3.56. The van der Waals surface area contributed by atoms with Gasteiger partial charge < -0.3 is 15.2 Å². The molecule has 59 heavy (non-hydrogen) atoms. The molecule has 0 spiro atoms. The lowest BCUT2D eigenvalue weighted by Gasteiger charge is -2.62. The Kier molecular flexibility index (Phi) is 21.8. The molecule has 4 aliphatic carbocycles. The Bertz CT molecular complexity index is 1370. The lowest BCUT2D eigenvalue weighted by atomic mass is 9.43. The van der Waals surface area contributed by atoms with Crippen LogP contribution >= 0.6 is 0 Å². The highest BCUT2D eigenvalue weighted by Gasteiger charge is 2.63. The molecule has 0 radical (unpaired) electrons. The van der Waals surface area contributed by atoms with Crippen LogP contribution in [0.4, 0.5) is 0 Å². The van der Waals surface area contributed by atoms with Crippen molar-refractivity contribution in [2.45, 2.75) is 233 Å². The number of esters is 1. The number of fused-ring (bicyclic) bond motifs is 5. The molecule has 10 unspecified atom stereocenters. The second-order valence-electron chi connectivity index (χ2n) is 20.5. The number of aliphatic hydroxyl groups is 1. The van der Waals surface area contributed by atoms with Gasteiger partial charge >= 0.3 is 5.97 Å². The van der Waals surface area contributed by atoms with Crippen LogP contribution in [0.3, 0.4) is 0 Å². The Balaban J connectivity index is 1.05. The summed E-state index contributed by atoms with van der Waals surface area (Å²) in [5.74, 6) is 2.04. The van der Waals surface area contributed by atoms with E-state index in [4.69, 9.17) is 9.29 Å². The molecule has 4 rings (SSSR count). The summed E-state index contributed by atoms with van der Waals surface area (Å²) in [4.78, 5) is 25.3. The van der Waals surface area contributed by atoms with E-state index < -0.39 is 15.9 Å². The number of ether oxygens (including phenoxy) is 1. The van der Waals surface area contributed by atoms with Gasteiger partial charge in [0.1, 0.15) is 6.10 Å². The van der Waals surface area contributed by atoms with E-state index in [2.05, 4.69) is 45.2 Å². The highest BCUT2D eigenvalue weighted by Crippen LogP contribution is 2.68. The van der Waals surface area contributed by atoms with Gasteiger partial charge in [-0.3, -0.25) is 14.1 Å². The average molecular weight is 848 g/mol. The van der Waals surface area contributed by atoms with Crippen molar-refractivity contribution in [1.29, 1.82) is 0 Å². The smallest absolute Gasteiger partial charge is 0.306 e. The highest BCUT2D eigenvalue weighted by molar-refractivity contribution is 7.85. The number of allylic oxidation sites excluding steroid dienone is 2. The molecule has 4 saturated carbocycles. The molecular weight excluding hydrogens is 759 g/mol. The van der Waals surface area contributed by atoms with Crippen molar-refractivity contribution >= 4 is 22.0 Å². The third-order valence-electron chi connectivity index (χ3n) is 16.4. The van der Waals surface area contributed by atoms with Crippen LogP contribution in [0.2, 0.25) is 0 Å². The first-order valence-electron chi connectivity index (χ1n) is 25.0. The lowest BCUT2D eigenvalue weighted by Crippen LogP contribution is -2.59. The molecular formula is C50H89NO7S. The second kappa shape index (κ2) is 25.6. The van der Waals surface area contributed by atoms with Crippen LogP contribution in [-0.4, -0.2) is 54.5 Å². The number of aliphatic hydroxyl groups excluding tert-OH is 1. The number of carbonyl (C=O) groups is 2. The van der Waals surface area contributed by atoms with Crippen molar-refractivity contribution in [3.05, 3.63) is 12.2 Å². The van der Waals surface area contributed by atoms with Crippen LogP contribution in [0.5, 0.6) is 0 Å². The Hall–Kier alpha value is -1.45. The third kappa shape index (κ3) is 15.7. The molecule has 8 nitrogen and oxygen atoms in total. The molecule has 9 heteroatoms. The molecule has 0 heterocycles. The van der Waals surface area contributed by atoms with Gasteiger partial charge in [-0.2, -0.15) is 8.42 Å². The normalized spacial score (nSPS) is 31.1. The van der Waals surface area contributed by atoms with Crippen molar-refractivity contribution in [3.8, 4) is 0 Å². The van der Waals surface area contributed by atoms with E-state index in [9.17, 15) is 23.1 Å². The van der Waals surface area contributed by atoms with Crippen molar-refractivity contribution < 1.29 is 32.4 Å². The zero-order valence-corrected chi connectivity index (χ0v) is 39.1. The van der Waals surface area contributed by atoms with Crippen molar-refractivity contribution in [1.82, 2.24) is 5.32 Å². The quantitative estimate of drug-likeness (QED) is 0.0296. The predicted octanol–water partition coefficient (Wildman–Crippen LogP) is 12.3. The minimum Gasteiger partial charge on any atom is -0.462 e. The molecule has 0 aromatic rings. The van der Waals surface area contributed by atoms with Crippen molar-refractivity contribution in [2.24, 2.45) is 46.3 Å². The van der Waals surface area contributed by atoms with Crippen LogP contribution in [0, 0.1) is 46.3 Å². The van der Waals surface area contributed by atoms with Gasteiger partial charge in [-0.1, -0.05) is 130 Å². The number of amides is 1. The maximum atomic E-state index is 12.9. The summed E-state index contributed by atoms with van der Waals surface area (Å²) in [7, 11) is -4.10. The summed E-state index contributed by atoms with van der Waals surface area (Å²) in [6.45, 7) is 9.22. The number of hydrogen-bond acceptors (Lipinski definition) is 6. The van der Waals surface area contributed by atoms with Gasteiger partial charge in [0.2, 0.25) is 5.91 Å². The first kappa shape index (κ1) is 50.2. The van der Waals surface area contributed by atoms with E-state index in [1.165, 1.54) is 122 Å². The summed E-state index contributed by atoms with van der Waals surface area (Å²) in [5, 5.41) is 14.6.